The molecule has 0 aliphatic rings. The fourth-order valence-corrected chi connectivity index (χ4v) is 3.43. The lowest BCUT2D eigenvalue weighted by molar-refractivity contribution is -0.191. The highest BCUT2D eigenvalue weighted by Gasteiger charge is 2.15. The molecule has 0 aliphatic carbocycles. The van der Waals surface area contributed by atoms with Crippen molar-refractivity contribution in [1.82, 2.24) is 5.32 Å². The number of nitrogen functional groups attached to an aromatic ring is 1. The SMILES string of the molecule is C=Cc1ccc(-c2ccc(C(=O)NCC(O)CO)cc2)c(C(=O)Cc2ccc(C(=N)N)cc2)c1.O=C=O. The number of nitrogens with one attached hydrogen (secondary N) is 2. The van der Waals surface area contributed by atoms with E-state index in [9.17, 15) is 14.7 Å². The second-order valence-corrected chi connectivity index (χ2v) is 7.93. The van der Waals surface area contributed by atoms with Gasteiger partial charge in [0.25, 0.3) is 5.91 Å². The molecule has 0 aliphatic heterocycles. The van der Waals surface area contributed by atoms with Crippen molar-refractivity contribution in [2.45, 2.75) is 12.5 Å². The van der Waals surface area contributed by atoms with Crippen molar-refractivity contribution >= 4 is 29.8 Å². The van der Waals surface area contributed by atoms with E-state index in [0.717, 1.165) is 22.3 Å². The van der Waals surface area contributed by atoms with E-state index in [1.54, 1.807) is 60.7 Å². The van der Waals surface area contributed by atoms with E-state index in [-0.39, 0.29) is 36.6 Å². The number of hydrogen-bond donors (Lipinski definition) is 5. The molecule has 6 N–H and O–H groups in total. The Morgan fingerprint density at radius 2 is 1.62 bits per heavy atom. The number of benzene rings is 3. The number of hydrogen-bond acceptors (Lipinski definition) is 7. The van der Waals surface area contributed by atoms with Crippen molar-refractivity contribution in [3.8, 4) is 11.1 Å². The molecule has 1 amide bonds. The van der Waals surface area contributed by atoms with Gasteiger partial charge in [0, 0.05) is 29.7 Å². The van der Waals surface area contributed by atoms with Gasteiger partial charge >= 0.3 is 6.15 Å². The summed E-state index contributed by atoms with van der Waals surface area (Å²) in [5, 5.41) is 28.3. The molecule has 9 nitrogen and oxygen atoms in total. The fraction of sp³-hybridized carbons (Fsp3) is 0.143. The number of aliphatic hydroxyl groups is 2. The molecule has 0 saturated carbocycles. The lowest BCUT2D eigenvalue weighted by Crippen LogP contribution is -2.33. The number of carbonyl (C=O) groups excluding carboxylic acids is 4. The van der Waals surface area contributed by atoms with Gasteiger partial charge in [-0.05, 0) is 40.5 Å². The van der Waals surface area contributed by atoms with Gasteiger partial charge in [-0.2, -0.15) is 9.59 Å². The average Bonchev–Trinajstić information content (AvgIpc) is 2.92. The van der Waals surface area contributed by atoms with Crippen LogP contribution >= 0.6 is 0 Å². The van der Waals surface area contributed by atoms with Crippen LogP contribution in [-0.2, 0) is 16.0 Å². The molecule has 3 rings (SSSR count). The summed E-state index contributed by atoms with van der Waals surface area (Å²) in [5.74, 6) is -0.471. The number of nitrogens with two attached hydrogens (primary N) is 1. The average molecular weight is 502 g/mol. The molecular formula is C28H27N3O6. The number of Topliss-reactive ketones (excluding diaryl/α,β-unsaturated/α-hetero) is 1. The first-order valence-corrected chi connectivity index (χ1v) is 11.1. The zero-order chi connectivity index (χ0) is 27.4. The smallest absolute Gasteiger partial charge is 0.373 e. The van der Waals surface area contributed by atoms with E-state index in [0.29, 0.717) is 16.7 Å². The molecule has 190 valence electrons. The Labute approximate surface area is 213 Å². The summed E-state index contributed by atoms with van der Waals surface area (Å²) in [6.07, 6.45) is 1.09. The lowest BCUT2D eigenvalue weighted by atomic mass is 9.92. The molecule has 1 unspecified atom stereocenters. The summed E-state index contributed by atoms with van der Waals surface area (Å²) in [4.78, 5) is 41.7. The number of carbonyl (C=O) groups is 2. The van der Waals surface area contributed by atoms with E-state index in [4.69, 9.17) is 25.8 Å². The van der Waals surface area contributed by atoms with E-state index in [1.165, 1.54) is 0 Å². The van der Waals surface area contributed by atoms with Crippen LogP contribution in [0.3, 0.4) is 0 Å². The largest absolute Gasteiger partial charge is 0.394 e. The molecule has 0 bridgehead atoms. The Balaban J connectivity index is 0.00000153. The maximum absolute atomic E-state index is 13.2. The second kappa shape index (κ2) is 14.0. The first-order valence-electron chi connectivity index (χ1n) is 11.1. The van der Waals surface area contributed by atoms with Gasteiger partial charge < -0.3 is 21.3 Å². The van der Waals surface area contributed by atoms with Gasteiger partial charge in [-0.25, -0.2) is 0 Å². The number of ketones is 1. The number of rotatable bonds is 10. The molecule has 1 atom stereocenters. The molecule has 37 heavy (non-hydrogen) atoms. The third-order valence-corrected chi connectivity index (χ3v) is 5.38. The normalized spacial score (nSPS) is 10.8. The maximum Gasteiger partial charge on any atom is 0.373 e. The number of amidine groups is 1. The second-order valence-electron chi connectivity index (χ2n) is 7.93. The van der Waals surface area contributed by atoms with Crippen molar-refractivity contribution in [3.05, 3.63) is 101 Å². The molecular weight excluding hydrogens is 474 g/mol. The Morgan fingerprint density at radius 3 is 2.16 bits per heavy atom. The summed E-state index contributed by atoms with van der Waals surface area (Å²) in [6.45, 7) is 3.31. The topological polar surface area (TPSA) is 171 Å². The highest BCUT2D eigenvalue weighted by atomic mass is 16.3. The molecule has 0 radical (unpaired) electrons. The summed E-state index contributed by atoms with van der Waals surface area (Å²) >= 11 is 0. The molecule has 0 heterocycles. The van der Waals surface area contributed by atoms with Crippen LogP contribution in [0.2, 0.25) is 0 Å². The summed E-state index contributed by atoms with van der Waals surface area (Å²) in [6, 6.07) is 19.3. The minimum atomic E-state index is -1.01. The van der Waals surface area contributed by atoms with Crippen LogP contribution in [0.4, 0.5) is 0 Å². The Bertz CT molecular complexity index is 1290. The first kappa shape index (κ1) is 28.5. The predicted molar refractivity (Wildman–Crippen MR) is 138 cm³/mol. The van der Waals surface area contributed by atoms with Gasteiger partial charge in [-0.1, -0.05) is 61.2 Å². The van der Waals surface area contributed by atoms with Crippen LogP contribution in [0.5, 0.6) is 0 Å². The van der Waals surface area contributed by atoms with Crippen LogP contribution in [0, 0.1) is 5.41 Å². The molecule has 3 aromatic carbocycles. The van der Waals surface area contributed by atoms with Crippen LogP contribution in [0.15, 0.2) is 73.3 Å². The lowest BCUT2D eigenvalue weighted by Gasteiger charge is -2.12. The van der Waals surface area contributed by atoms with Gasteiger partial charge in [0.1, 0.15) is 5.84 Å². The summed E-state index contributed by atoms with van der Waals surface area (Å²) < 4.78 is 0. The Kier molecular flexibility index (Phi) is 10.8. The Morgan fingerprint density at radius 1 is 1.03 bits per heavy atom. The standard InChI is InChI=1S/C27H27N3O4.CO2/c1-2-17-5-12-23(19-8-10-21(11-9-19)27(34)30-15-22(32)16-31)24(13-17)25(33)14-18-3-6-20(7-4-18)26(28)29;2-1-3/h2-13,22,31-32H,1,14-16H2,(H3,28,29)(H,30,34);. The maximum atomic E-state index is 13.2. The molecule has 0 fully saturated rings. The van der Waals surface area contributed by atoms with Crippen LogP contribution in [-0.4, -0.2) is 53.1 Å². The molecule has 0 aromatic heterocycles. The van der Waals surface area contributed by atoms with Gasteiger partial charge in [0.2, 0.25) is 0 Å². The van der Waals surface area contributed by atoms with E-state index in [1.807, 2.05) is 12.1 Å². The minimum Gasteiger partial charge on any atom is -0.394 e. The molecule has 0 spiro atoms. The zero-order valence-corrected chi connectivity index (χ0v) is 19.9. The molecule has 9 heteroatoms. The van der Waals surface area contributed by atoms with Gasteiger partial charge in [0.15, 0.2) is 5.78 Å². The Hall–Kier alpha value is -4.69. The van der Waals surface area contributed by atoms with Crippen LogP contribution in [0.25, 0.3) is 17.2 Å². The minimum absolute atomic E-state index is 0.0273. The van der Waals surface area contributed by atoms with Gasteiger partial charge in [-0.15, -0.1) is 0 Å². The highest BCUT2D eigenvalue weighted by molar-refractivity contribution is 6.04. The van der Waals surface area contributed by atoms with Crippen molar-refractivity contribution in [3.63, 3.8) is 0 Å². The van der Waals surface area contributed by atoms with Crippen molar-refractivity contribution in [1.29, 1.82) is 5.41 Å². The van der Waals surface area contributed by atoms with Crippen LogP contribution < -0.4 is 11.1 Å². The number of aliphatic hydroxyl groups excluding tert-OH is 2. The van der Waals surface area contributed by atoms with Crippen molar-refractivity contribution in [2.24, 2.45) is 5.73 Å². The summed E-state index contributed by atoms with van der Waals surface area (Å²) in [5.41, 5.74) is 10.2. The van der Waals surface area contributed by atoms with Gasteiger partial charge in [0.05, 0.1) is 12.7 Å². The quantitative estimate of drug-likeness (QED) is 0.161. The fourth-order valence-electron chi connectivity index (χ4n) is 3.43. The predicted octanol–water partition coefficient (Wildman–Crippen LogP) is 2.21. The molecule has 0 saturated heterocycles. The monoisotopic (exact) mass is 501 g/mol. The number of amides is 1. The zero-order valence-electron chi connectivity index (χ0n) is 19.9. The molecule has 3 aromatic rings. The van der Waals surface area contributed by atoms with Crippen molar-refractivity contribution in [2.75, 3.05) is 13.2 Å². The van der Waals surface area contributed by atoms with E-state index >= 15 is 0 Å². The summed E-state index contributed by atoms with van der Waals surface area (Å²) in [7, 11) is 0. The van der Waals surface area contributed by atoms with E-state index in [2.05, 4.69) is 11.9 Å². The van der Waals surface area contributed by atoms with Crippen LogP contribution in [0.1, 0.15) is 37.4 Å². The third-order valence-electron chi connectivity index (χ3n) is 5.38. The van der Waals surface area contributed by atoms with Gasteiger partial charge in [-0.3, -0.25) is 15.0 Å². The van der Waals surface area contributed by atoms with E-state index < -0.39 is 12.7 Å². The highest BCUT2D eigenvalue weighted by Crippen LogP contribution is 2.27. The van der Waals surface area contributed by atoms with Crippen molar-refractivity contribution < 1.29 is 29.4 Å². The third kappa shape index (κ3) is 8.19. The first-order chi connectivity index (χ1) is 17.7.